The molecular formula is C58H48Cl2O2Zr-2. The van der Waals surface area contributed by atoms with Gasteiger partial charge in [-0.05, 0) is 74.2 Å². The number of aryl methyl sites for hydroxylation is 2. The molecule has 2 aromatic heterocycles. The van der Waals surface area contributed by atoms with Gasteiger partial charge in [-0.1, -0.05) is 155 Å². The molecule has 10 aromatic rings. The first-order valence-electron chi connectivity index (χ1n) is 21.2. The van der Waals surface area contributed by atoms with Crippen LogP contribution < -0.4 is 24.8 Å². The van der Waals surface area contributed by atoms with Crippen LogP contribution in [0.1, 0.15) is 41.5 Å². The molecule has 0 aliphatic heterocycles. The number of hydrogen-bond donors (Lipinski definition) is 0. The molecule has 0 radical (unpaired) electrons. The van der Waals surface area contributed by atoms with Crippen molar-refractivity contribution in [3.05, 3.63) is 204 Å². The molecule has 0 saturated heterocycles. The second-order valence-corrected chi connectivity index (χ2v) is 17.9. The van der Waals surface area contributed by atoms with E-state index in [2.05, 4.69) is 173 Å². The summed E-state index contributed by atoms with van der Waals surface area (Å²) >= 11 is 1.67. The van der Waals surface area contributed by atoms with Crippen LogP contribution in [0.5, 0.6) is 0 Å². The summed E-state index contributed by atoms with van der Waals surface area (Å²) in [6.45, 7) is 8.80. The summed E-state index contributed by atoms with van der Waals surface area (Å²) in [7, 11) is 0. The van der Waals surface area contributed by atoms with E-state index in [0.29, 0.717) is 0 Å². The maximum atomic E-state index is 6.19. The SMILES string of the molecule is Cc1cc2[cH-]c(-c3ccc(-c4ccccc4)o3)cc2c(-c2ccccc2)c1C.Cc1cc2[cH-]c(-c3ccc(-c4ccccc4)o3)cc2c(-c2ccccc2)c1C.[Cl-].[Cl-].[Zr+2]=[C]1CCC1. The summed E-state index contributed by atoms with van der Waals surface area (Å²) in [5.74, 6) is 3.61. The summed E-state index contributed by atoms with van der Waals surface area (Å²) in [5.41, 5.74) is 14.9. The van der Waals surface area contributed by atoms with Gasteiger partial charge in [0.15, 0.2) is 0 Å². The first kappa shape index (κ1) is 45.5. The van der Waals surface area contributed by atoms with Gasteiger partial charge < -0.3 is 33.6 Å². The van der Waals surface area contributed by atoms with Gasteiger partial charge in [0.25, 0.3) is 0 Å². The van der Waals surface area contributed by atoms with Crippen LogP contribution in [0.2, 0.25) is 0 Å². The molecule has 5 heteroatoms. The maximum absolute atomic E-state index is 6.19. The average Bonchev–Trinajstić information content (AvgIpc) is 4.13. The van der Waals surface area contributed by atoms with Crippen LogP contribution in [0.25, 0.3) is 89.1 Å². The first-order chi connectivity index (χ1) is 29.8. The number of benzene rings is 6. The quantitative estimate of drug-likeness (QED) is 0.155. The molecule has 0 atom stereocenters. The summed E-state index contributed by atoms with van der Waals surface area (Å²) in [6.07, 6.45) is 4.36. The van der Waals surface area contributed by atoms with Crippen LogP contribution in [0, 0.1) is 27.7 Å². The molecule has 1 aliphatic rings. The van der Waals surface area contributed by atoms with Gasteiger partial charge in [0.05, 0.1) is 11.5 Å². The van der Waals surface area contributed by atoms with Gasteiger partial charge in [-0.2, -0.15) is 0 Å². The molecule has 8 aromatic carbocycles. The standard InChI is InChI=1S/2C27H21O.C4H6.2ClH.Zr/c2*1-18-15-22-16-23(26-14-13-25(28-26)20-9-5-3-6-10-20)17-24(22)27(19(18)2)21-11-7-4-8-12-21;1-2-4-3-1;;;/h2*3-17H,1-2H3;1-3H2;2*1H;/q2*-1;;;;+2/p-2. The zero-order valence-corrected chi connectivity index (χ0v) is 40.0. The third-order valence-corrected chi connectivity index (χ3v) is 13.3. The second-order valence-electron chi connectivity index (χ2n) is 16.1. The van der Waals surface area contributed by atoms with Gasteiger partial charge >= 0.3 is 46.7 Å². The predicted molar refractivity (Wildman–Crippen MR) is 254 cm³/mol. The Hall–Kier alpha value is -5.57. The van der Waals surface area contributed by atoms with E-state index in [-0.39, 0.29) is 24.8 Å². The van der Waals surface area contributed by atoms with Gasteiger partial charge in [-0.15, -0.1) is 57.9 Å². The number of hydrogen-bond acceptors (Lipinski definition) is 2. The van der Waals surface area contributed by atoms with Crippen molar-refractivity contribution in [2.24, 2.45) is 0 Å². The molecule has 1 saturated carbocycles. The average molecular weight is 939 g/mol. The number of rotatable bonds is 6. The third kappa shape index (κ3) is 9.83. The van der Waals surface area contributed by atoms with E-state index in [1.165, 1.54) is 85.3 Å². The van der Waals surface area contributed by atoms with Crippen LogP contribution in [0.3, 0.4) is 0 Å². The number of furan rings is 2. The van der Waals surface area contributed by atoms with E-state index in [9.17, 15) is 0 Å². The van der Waals surface area contributed by atoms with Gasteiger partial charge in [0.1, 0.15) is 11.5 Å². The zero-order valence-electron chi connectivity index (χ0n) is 36.0. The molecule has 63 heavy (non-hydrogen) atoms. The molecule has 1 aliphatic carbocycles. The third-order valence-electron chi connectivity index (χ3n) is 12.0. The molecule has 2 nitrogen and oxygen atoms in total. The fraction of sp³-hybridized carbons (Fsp3) is 0.121. The Morgan fingerprint density at radius 2 is 0.730 bits per heavy atom. The monoisotopic (exact) mass is 936 g/mol. The summed E-state index contributed by atoms with van der Waals surface area (Å²) < 4.78 is 14.2. The molecule has 2 heterocycles. The van der Waals surface area contributed by atoms with Crippen molar-refractivity contribution in [1.29, 1.82) is 0 Å². The Balaban J connectivity index is 0.000000165. The van der Waals surface area contributed by atoms with Crippen molar-refractivity contribution in [3.8, 4) is 67.5 Å². The van der Waals surface area contributed by atoms with Gasteiger partial charge in [0, 0.05) is 11.1 Å². The van der Waals surface area contributed by atoms with E-state index in [4.69, 9.17) is 8.83 Å². The normalized spacial score (nSPS) is 11.7. The Kier molecular flexibility index (Phi) is 14.6. The predicted octanol–water partition coefficient (Wildman–Crippen LogP) is 10.4. The van der Waals surface area contributed by atoms with Crippen molar-refractivity contribution >= 4 is 24.8 Å². The molecule has 11 rings (SSSR count). The van der Waals surface area contributed by atoms with E-state index in [0.717, 1.165) is 45.3 Å². The fourth-order valence-corrected chi connectivity index (χ4v) is 9.17. The summed E-state index contributed by atoms with van der Waals surface area (Å²) in [6, 6.07) is 63.6. The Morgan fingerprint density at radius 1 is 0.413 bits per heavy atom. The molecule has 1 fully saturated rings. The molecule has 0 spiro atoms. The Morgan fingerprint density at radius 3 is 1.05 bits per heavy atom. The van der Waals surface area contributed by atoms with E-state index in [1.54, 1.807) is 27.4 Å². The Bertz CT molecular complexity index is 2890. The van der Waals surface area contributed by atoms with E-state index < -0.39 is 0 Å². The molecule has 312 valence electrons. The van der Waals surface area contributed by atoms with Crippen LogP contribution in [-0.2, 0) is 24.2 Å². The summed E-state index contributed by atoms with van der Waals surface area (Å²) in [4.78, 5) is 0. The topological polar surface area (TPSA) is 26.3 Å². The van der Waals surface area contributed by atoms with E-state index >= 15 is 0 Å². The number of fused-ring (bicyclic) bond motifs is 2. The van der Waals surface area contributed by atoms with Crippen molar-refractivity contribution in [1.82, 2.24) is 0 Å². The molecule has 0 unspecified atom stereocenters. The molecule has 0 bridgehead atoms. The Labute approximate surface area is 398 Å². The van der Waals surface area contributed by atoms with Crippen LogP contribution in [0.15, 0.2) is 191 Å². The van der Waals surface area contributed by atoms with Gasteiger partial charge in [-0.3, -0.25) is 0 Å². The minimum atomic E-state index is 0. The number of halogens is 2. The van der Waals surface area contributed by atoms with Gasteiger partial charge in [-0.25, -0.2) is 0 Å². The van der Waals surface area contributed by atoms with Crippen LogP contribution in [0.4, 0.5) is 0 Å². The van der Waals surface area contributed by atoms with Crippen molar-refractivity contribution in [3.63, 3.8) is 0 Å². The van der Waals surface area contributed by atoms with Crippen molar-refractivity contribution in [2.45, 2.75) is 47.0 Å². The van der Waals surface area contributed by atoms with Gasteiger partial charge in [0.2, 0.25) is 0 Å². The molecule has 0 amide bonds. The second kappa shape index (κ2) is 20.3. The van der Waals surface area contributed by atoms with Crippen LogP contribution >= 0.6 is 0 Å². The first-order valence-corrected chi connectivity index (χ1v) is 22.4. The van der Waals surface area contributed by atoms with Crippen molar-refractivity contribution in [2.75, 3.05) is 0 Å². The fourth-order valence-electron chi connectivity index (χ4n) is 8.30. The molecule has 0 N–H and O–H groups in total. The molecular weight excluding hydrogens is 891 g/mol. The van der Waals surface area contributed by atoms with E-state index in [1.807, 2.05) is 36.4 Å². The van der Waals surface area contributed by atoms with Crippen molar-refractivity contribution < 1.29 is 57.9 Å². The van der Waals surface area contributed by atoms with Crippen LogP contribution in [-0.4, -0.2) is 3.21 Å². The zero-order chi connectivity index (χ0) is 41.9. The summed E-state index contributed by atoms with van der Waals surface area (Å²) in [5, 5.41) is 5.08. The minimum absolute atomic E-state index is 0.